The van der Waals surface area contributed by atoms with Crippen LogP contribution in [0.3, 0.4) is 0 Å². The van der Waals surface area contributed by atoms with E-state index in [1.165, 1.54) is 11.1 Å². The molecule has 0 bridgehead atoms. The van der Waals surface area contributed by atoms with E-state index in [9.17, 15) is 9.59 Å². The van der Waals surface area contributed by atoms with Gasteiger partial charge in [-0.15, -0.1) is 0 Å². The van der Waals surface area contributed by atoms with E-state index in [0.29, 0.717) is 11.5 Å². The molecule has 0 unspecified atom stereocenters. The monoisotopic (exact) mass is 880 g/mol. The van der Waals surface area contributed by atoms with Crippen LogP contribution in [0.2, 0.25) is 0 Å². The summed E-state index contributed by atoms with van der Waals surface area (Å²) < 4.78 is 11.4. The molecule has 6 heteroatoms. The molecule has 0 aliphatic carbocycles. The second-order valence-corrected chi connectivity index (χ2v) is 16.1. The molecular weight excluding hydrogens is 837 g/mol. The van der Waals surface area contributed by atoms with E-state index < -0.39 is 11.9 Å². The minimum absolute atomic E-state index is 0.427. The second kappa shape index (κ2) is 19.1. The zero-order valence-electron chi connectivity index (χ0n) is 37.0. The fourth-order valence-corrected chi connectivity index (χ4v) is 8.73. The maximum absolute atomic E-state index is 12.4. The van der Waals surface area contributed by atoms with Crippen LogP contribution in [0, 0.1) is 0 Å². The van der Waals surface area contributed by atoms with Crippen LogP contribution >= 0.6 is 0 Å². The number of rotatable bonds is 13. The molecule has 10 aromatic carbocycles. The van der Waals surface area contributed by atoms with Gasteiger partial charge in [-0.2, -0.15) is 0 Å². The van der Waals surface area contributed by atoms with Crippen molar-refractivity contribution in [3.05, 3.63) is 256 Å². The molecule has 0 saturated heterocycles. The topological polar surface area (TPSA) is 59.1 Å². The Bertz CT molecular complexity index is 3250. The van der Waals surface area contributed by atoms with Crippen LogP contribution in [-0.4, -0.2) is 11.9 Å². The van der Waals surface area contributed by atoms with E-state index >= 15 is 0 Å². The Morgan fingerprint density at radius 1 is 0.309 bits per heavy atom. The van der Waals surface area contributed by atoms with Gasteiger partial charge in [0.1, 0.15) is 11.5 Å². The quantitative estimate of drug-likeness (QED) is 0.0653. The number of nitrogens with zero attached hydrogens (tertiary/aromatic N) is 2. The largest absolute Gasteiger partial charge is 0.423 e. The third-order valence-electron chi connectivity index (χ3n) is 12.0. The number of fused-ring (bicyclic) bond motifs is 2. The third kappa shape index (κ3) is 8.65. The molecule has 10 rings (SSSR count). The van der Waals surface area contributed by atoms with Gasteiger partial charge < -0.3 is 19.3 Å². The number of carbonyl (C=O) groups is 2. The van der Waals surface area contributed by atoms with Crippen LogP contribution in [0.25, 0.3) is 54.9 Å². The molecule has 326 valence electrons. The summed E-state index contributed by atoms with van der Waals surface area (Å²) in [6.45, 7) is 7.18. The van der Waals surface area contributed by atoms with Crippen molar-refractivity contribution in [2.75, 3.05) is 9.80 Å². The molecule has 68 heavy (non-hydrogen) atoms. The minimum Gasteiger partial charge on any atom is -0.423 e. The van der Waals surface area contributed by atoms with Crippen molar-refractivity contribution in [2.45, 2.75) is 0 Å². The van der Waals surface area contributed by atoms with Gasteiger partial charge >= 0.3 is 11.9 Å². The fraction of sp³-hybridized carbons (Fsp3) is 0. The number of benzene rings is 10. The van der Waals surface area contributed by atoms with Gasteiger partial charge in [-0.1, -0.05) is 171 Å². The summed E-state index contributed by atoms with van der Waals surface area (Å²) in [5.74, 6) is -0.226. The average molecular weight is 881 g/mol. The van der Waals surface area contributed by atoms with Gasteiger partial charge in [0.15, 0.2) is 0 Å². The van der Waals surface area contributed by atoms with E-state index in [1.807, 2.05) is 72.8 Å². The molecule has 0 amide bonds. The third-order valence-corrected chi connectivity index (χ3v) is 12.0. The number of hydrogen-bond acceptors (Lipinski definition) is 6. The lowest BCUT2D eigenvalue weighted by Crippen LogP contribution is -2.12. The first-order valence-corrected chi connectivity index (χ1v) is 22.3. The molecule has 0 aliphatic heterocycles. The number of ether oxygens (including phenoxy) is 2. The molecule has 0 heterocycles. The highest BCUT2D eigenvalue weighted by atomic mass is 16.5. The SMILES string of the molecule is C=CC(=O)Oc1cccc2c(N(c3ccc(-c4ccc(N(c5ccc(-c6ccccc6)cc5)c5ccc(-c6ccccc6)cc5)cc4)cc3)c3cccc4c(OC(=O)C=C)cccc34)cccc12. The fourth-order valence-electron chi connectivity index (χ4n) is 8.73. The zero-order chi connectivity index (χ0) is 46.4. The molecule has 6 nitrogen and oxygen atoms in total. The van der Waals surface area contributed by atoms with Crippen molar-refractivity contribution in [3.63, 3.8) is 0 Å². The van der Waals surface area contributed by atoms with Crippen molar-refractivity contribution in [1.29, 1.82) is 0 Å². The van der Waals surface area contributed by atoms with Crippen LogP contribution < -0.4 is 19.3 Å². The Kier molecular flexibility index (Phi) is 12.0. The molecule has 0 saturated carbocycles. The Morgan fingerprint density at radius 3 is 0.941 bits per heavy atom. The molecule has 0 aromatic heterocycles. The van der Waals surface area contributed by atoms with Gasteiger partial charge in [-0.3, -0.25) is 0 Å². The first-order valence-electron chi connectivity index (χ1n) is 22.3. The van der Waals surface area contributed by atoms with Crippen molar-refractivity contribution in [1.82, 2.24) is 0 Å². The van der Waals surface area contributed by atoms with E-state index in [0.717, 1.165) is 90.1 Å². The van der Waals surface area contributed by atoms with Gasteiger partial charge in [0.05, 0.1) is 11.4 Å². The lowest BCUT2D eigenvalue weighted by molar-refractivity contribution is -0.129. The van der Waals surface area contributed by atoms with E-state index in [2.05, 4.69) is 169 Å². The summed E-state index contributed by atoms with van der Waals surface area (Å²) in [4.78, 5) is 29.3. The predicted octanol–water partition coefficient (Wildman–Crippen LogP) is 16.1. The summed E-state index contributed by atoms with van der Waals surface area (Å²) in [5, 5.41) is 3.25. The van der Waals surface area contributed by atoms with E-state index in [-0.39, 0.29) is 0 Å². The van der Waals surface area contributed by atoms with E-state index in [4.69, 9.17) is 9.47 Å². The summed E-state index contributed by atoms with van der Waals surface area (Å²) in [6.07, 6.45) is 2.31. The molecule has 0 fully saturated rings. The van der Waals surface area contributed by atoms with Crippen LogP contribution in [0.1, 0.15) is 0 Å². The second-order valence-electron chi connectivity index (χ2n) is 16.1. The molecular formula is C62H44N2O4. The predicted molar refractivity (Wildman–Crippen MR) is 279 cm³/mol. The molecule has 0 spiro atoms. The number of anilines is 6. The smallest absolute Gasteiger partial charge is 0.335 e. The summed E-state index contributed by atoms with van der Waals surface area (Å²) in [6, 6.07) is 78.7. The Hall–Kier alpha value is -9.26. The molecule has 0 atom stereocenters. The first kappa shape index (κ1) is 42.7. The van der Waals surface area contributed by atoms with Gasteiger partial charge in [-0.05, 0) is 106 Å². The van der Waals surface area contributed by atoms with Gasteiger partial charge in [0, 0.05) is 56.4 Å². The standard InChI is InChI=1S/C62H44N2O4/c1-3-61(65)67-59-25-13-19-53-55(59)21-11-23-57(53)64(58-24-12-22-56-54(58)20-14-26-60(56)68-62(66)4-2)52-41-33-48(34-42-52)47-31-39-51(40-32-47)63(49-35-27-45(28-36-49)43-15-7-5-8-16-43)50-37-29-46(30-38-50)44-17-9-6-10-18-44/h3-42H,1-2H2. The molecule has 0 N–H and O–H groups in total. The minimum atomic E-state index is -0.540. The highest BCUT2D eigenvalue weighted by Crippen LogP contribution is 2.45. The number of esters is 2. The van der Waals surface area contributed by atoms with Crippen molar-refractivity contribution in [3.8, 4) is 44.9 Å². The van der Waals surface area contributed by atoms with Crippen LogP contribution in [0.5, 0.6) is 11.5 Å². The lowest BCUT2D eigenvalue weighted by Gasteiger charge is -2.28. The summed E-state index contributed by atoms with van der Waals surface area (Å²) in [5.41, 5.74) is 12.5. The zero-order valence-corrected chi connectivity index (χ0v) is 37.0. The van der Waals surface area contributed by atoms with Gasteiger partial charge in [0.2, 0.25) is 0 Å². The van der Waals surface area contributed by atoms with E-state index in [1.54, 1.807) is 12.1 Å². The van der Waals surface area contributed by atoms with Gasteiger partial charge in [0.25, 0.3) is 0 Å². The van der Waals surface area contributed by atoms with Crippen LogP contribution in [0.4, 0.5) is 34.1 Å². The van der Waals surface area contributed by atoms with Crippen molar-refractivity contribution < 1.29 is 19.1 Å². The van der Waals surface area contributed by atoms with Crippen molar-refractivity contribution >= 4 is 67.6 Å². The number of hydrogen-bond donors (Lipinski definition) is 0. The maximum atomic E-state index is 12.4. The van der Waals surface area contributed by atoms with Gasteiger partial charge in [-0.25, -0.2) is 9.59 Å². The lowest BCUT2D eigenvalue weighted by atomic mass is 10.0. The Morgan fingerprint density at radius 2 is 0.603 bits per heavy atom. The summed E-state index contributed by atoms with van der Waals surface area (Å²) >= 11 is 0. The average Bonchev–Trinajstić information content (AvgIpc) is 3.40. The number of carbonyl (C=O) groups excluding carboxylic acids is 2. The molecule has 10 aromatic rings. The highest BCUT2D eigenvalue weighted by Gasteiger charge is 2.21. The van der Waals surface area contributed by atoms with Crippen LogP contribution in [0.15, 0.2) is 256 Å². The molecule has 0 radical (unpaired) electrons. The van der Waals surface area contributed by atoms with Crippen LogP contribution in [-0.2, 0) is 9.59 Å². The normalized spacial score (nSPS) is 10.9. The Balaban J connectivity index is 1.03. The maximum Gasteiger partial charge on any atom is 0.335 e. The Labute approximate surface area is 395 Å². The first-order chi connectivity index (χ1) is 33.4. The summed E-state index contributed by atoms with van der Waals surface area (Å²) in [7, 11) is 0. The van der Waals surface area contributed by atoms with Crippen molar-refractivity contribution in [2.24, 2.45) is 0 Å². The highest BCUT2D eigenvalue weighted by molar-refractivity contribution is 6.08. The molecule has 0 aliphatic rings.